The monoisotopic (exact) mass is 396 g/mol. The van der Waals surface area contributed by atoms with Crippen LogP contribution in [-0.2, 0) is 9.53 Å². The highest BCUT2D eigenvalue weighted by atomic mass is 16.5. The van der Waals surface area contributed by atoms with Gasteiger partial charge in [-0.05, 0) is 43.5 Å². The predicted octanol–water partition coefficient (Wildman–Crippen LogP) is 3.34. The molecule has 2 aromatic rings. The number of piperidine rings is 1. The number of anilines is 1. The van der Waals surface area contributed by atoms with Crippen molar-refractivity contribution >= 4 is 11.6 Å². The van der Waals surface area contributed by atoms with Crippen LogP contribution < -0.4 is 14.8 Å². The normalized spacial score (nSPS) is 20.4. The van der Waals surface area contributed by atoms with Gasteiger partial charge in [0.05, 0.1) is 25.4 Å². The molecule has 0 radical (unpaired) electrons. The fraction of sp³-hybridized carbons (Fsp3) is 0.435. The number of benzene rings is 2. The molecule has 0 unspecified atom stereocenters. The van der Waals surface area contributed by atoms with Crippen LogP contribution >= 0.6 is 0 Å². The zero-order valence-electron chi connectivity index (χ0n) is 16.8. The molecule has 154 valence electrons. The maximum absolute atomic E-state index is 12.5. The summed E-state index contributed by atoms with van der Waals surface area (Å²) in [7, 11) is 1.67. The number of hydrogen-bond acceptors (Lipinski definition) is 5. The van der Waals surface area contributed by atoms with Crippen molar-refractivity contribution in [2.45, 2.75) is 30.9 Å². The summed E-state index contributed by atoms with van der Waals surface area (Å²) in [4.78, 5) is 14.4. The lowest BCUT2D eigenvalue weighted by atomic mass is 9.87. The highest BCUT2D eigenvalue weighted by molar-refractivity contribution is 5.77. The van der Waals surface area contributed by atoms with E-state index in [4.69, 9.17) is 14.2 Å². The molecule has 0 aromatic heterocycles. The Hall–Kier alpha value is -2.73. The number of amides is 1. The maximum Gasteiger partial charge on any atom is 0.260 e. The summed E-state index contributed by atoms with van der Waals surface area (Å²) < 4.78 is 17.1. The largest absolute Gasteiger partial charge is 0.497 e. The van der Waals surface area contributed by atoms with Crippen LogP contribution in [0.3, 0.4) is 0 Å². The summed E-state index contributed by atoms with van der Waals surface area (Å²) in [6, 6.07) is 17.7. The molecule has 29 heavy (non-hydrogen) atoms. The van der Waals surface area contributed by atoms with Crippen LogP contribution in [0, 0.1) is 0 Å². The second-order valence-electron chi connectivity index (χ2n) is 7.75. The molecule has 2 aliphatic heterocycles. The first-order chi connectivity index (χ1) is 14.2. The topological polar surface area (TPSA) is 60.0 Å². The van der Waals surface area contributed by atoms with E-state index in [1.807, 2.05) is 59.5 Å². The molecule has 2 aromatic carbocycles. The average molecular weight is 396 g/mol. The summed E-state index contributed by atoms with van der Waals surface area (Å²) in [6.45, 7) is 2.19. The van der Waals surface area contributed by atoms with E-state index in [2.05, 4.69) is 5.32 Å². The number of likely N-dealkylation sites (tertiary alicyclic amines) is 1. The van der Waals surface area contributed by atoms with Crippen LogP contribution in [-0.4, -0.2) is 55.9 Å². The Kier molecular flexibility index (Phi) is 5.90. The van der Waals surface area contributed by atoms with Gasteiger partial charge in [0.15, 0.2) is 6.61 Å². The minimum absolute atomic E-state index is 0.0350. The van der Waals surface area contributed by atoms with Crippen molar-refractivity contribution in [3.63, 3.8) is 0 Å². The van der Waals surface area contributed by atoms with Crippen LogP contribution in [0.2, 0.25) is 0 Å². The van der Waals surface area contributed by atoms with Crippen molar-refractivity contribution in [1.29, 1.82) is 0 Å². The predicted molar refractivity (Wildman–Crippen MR) is 111 cm³/mol. The second kappa shape index (κ2) is 8.74. The third-order valence-electron chi connectivity index (χ3n) is 5.78. The van der Waals surface area contributed by atoms with Crippen LogP contribution in [0.15, 0.2) is 54.6 Å². The van der Waals surface area contributed by atoms with Crippen LogP contribution in [0.25, 0.3) is 0 Å². The molecule has 2 saturated heterocycles. The van der Waals surface area contributed by atoms with Gasteiger partial charge in [-0.2, -0.15) is 0 Å². The molecule has 0 bridgehead atoms. The standard InChI is InChI=1S/C23H28N2O4/c1-27-21-9-5-6-18(14-21)24-19-15-23(29-16-19)10-12-25(13-11-23)22(26)17-28-20-7-3-2-4-8-20/h2-9,14,19,24H,10-13,15-17H2,1H3/t19-/m0/s1. The molecule has 6 nitrogen and oxygen atoms in total. The molecule has 1 N–H and O–H groups in total. The van der Waals surface area contributed by atoms with Crippen LogP contribution in [0.4, 0.5) is 5.69 Å². The third-order valence-corrected chi connectivity index (χ3v) is 5.78. The Morgan fingerprint density at radius 2 is 1.90 bits per heavy atom. The minimum atomic E-state index is -0.131. The van der Waals surface area contributed by atoms with E-state index in [0.717, 1.165) is 36.4 Å². The van der Waals surface area contributed by atoms with Crippen LogP contribution in [0.1, 0.15) is 19.3 Å². The molecular weight excluding hydrogens is 368 g/mol. The first-order valence-electron chi connectivity index (χ1n) is 10.2. The second-order valence-corrected chi connectivity index (χ2v) is 7.75. The molecule has 2 heterocycles. The Balaban J connectivity index is 1.25. The number of carbonyl (C=O) groups is 1. The van der Waals surface area contributed by atoms with Gasteiger partial charge in [0.25, 0.3) is 5.91 Å². The summed E-state index contributed by atoms with van der Waals surface area (Å²) in [6.07, 6.45) is 2.67. The molecular formula is C23H28N2O4. The van der Waals surface area contributed by atoms with Crippen molar-refractivity contribution in [2.24, 2.45) is 0 Å². The third kappa shape index (κ3) is 4.82. The van der Waals surface area contributed by atoms with E-state index in [1.165, 1.54) is 0 Å². The molecule has 6 heteroatoms. The lowest BCUT2D eigenvalue weighted by molar-refractivity contribution is -0.138. The first-order valence-corrected chi connectivity index (χ1v) is 10.2. The van der Waals surface area contributed by atoms with E-state index in [0.29, 0.717) is 19.7 Å². The number of methoxy groups -OCH3 is 1. The van der Waals surface area contributed by atoms with E-state index in [-0.39, 0.29) is 24.2 Å². The van der Waals surface area contributed by atoms with Gasteiger partial charge in [-0.25, -0.2) is 0 Å². The van der Waals surface area contributed by atoms with Gasteiger partial charge in [0.2, 0.25) is 0 Å². The fourth-order valence-electron chi connectivity index (χ4n) is 4.15. The highest BCUT2D eigenvalue weighted by Gasteiger charge is 2.43. The Labute approximate surface area is 171 Å². The summed E-state index contributed by atoms with van der Waals surface area (Å²) in [5, 5.41) is 3.55. The van der Waals surface area contributed by atoms with Gasteiger partial charge < -0.3 is 24.4 Å². The van der Waals surface area contributed by atoms with E-state index >= 15 is 0 Å². The molecule has 2 aliphatic rings. The van der Waals surface area contributed by atoms with Crippen LogP contribution in [0.5, 0.6) is 11.5 Å². The Morgan fingerprint density at radius 1 is 1.14 bits per heavy atom. The van der Waals surface area contributed by atoms with Gasteiger partial charge in [-0.1, -0.05) is 24.3 Å². The number of nitrogens with zero attached hydrogens (tertiary/aromatic N) is 1. The Morgan fingerprint density at radius 3 is 2.66 bits per heavy atom. The molecule has 1 atom stereocenters. The maximum atomic E-state index is 12.5. The highest BCUT2D eigenvalue weighted by Crippen LogP contribution is 2.37. The summed E-state index contributed by atoms with van der Waals surface area (Å²) in [5.41, 5.74) is 0.911. The van der Waals surface area contributed by atoms with Crippen molar-refractivity contribution in [3.05, 3.63) is 54.6 Å². The fourth-order valence-corrected chi connectivity index (χ4v) is 4.15. The van der Waals surface area contributed by atoms with Gasteiger partial charge in [0.1, 0.15) is 11.5 Å². The lowest BCUT2D eigenvalue weighted by Gasteiger charge is -2.38. The number of carbonyl (C=O) groups excluding carboxylic acids is 1. The zero-order valence-corrected chi connectivity index (χ0v) is 16.8. The Bertz CT molecular complexity index is 819. The smallest absolute Gasteiger partial charge is 0.260 e. The summed E-state index contributed by atoms with van der Waals surface area (Å²) in [5.74, 6) is 1.60. The molecule has 0 aliphatic carbocycles. The zero-order chi connectivity index (χ0) is 20.1. The van der Waals surface area contributed by atoms with Gasteiger partial charge in [0, 0.05) is 24.8 Å². The van der Waals surface area contributed by atoms with Crippen molar-refractivity contribution in [1.82, 2.24) is 4.90 Å². The van der Waals surface area contributed by atoms with Crippen molar-refractivity contribution < 1.29 is 19.0 Å². The van der Waals surface area contributed by atoms with E-state index in [9.17, 15) is 4.79 Å². The SMILES string of the molecule is COc1cccc(N[C@@H]2COC3(CCN(C(=O)COc4ccccc4)CC3)C2)c1. The number of hydrogen-bond donors (Lipinski definition) is 1. The van der Waals surface area contributed by atoms with Gasteiger partial charge >= 0.3 is 0 Å². The van der Waals surface area contributed by atoms with Gasteiger partial charge in [-0.15, -0.1) is 0 Å². The number of ether oxygens (including phenoxy) is 3. The molecule has 4 rings (SSSR count). The molecule has 1 amide bonds. The van der Waals surface area contributed by atoms with E-state index < -0.39 is 0 Å². The number of nitrogens with one attached hydrogen (secondary N) is 1. The molecule has 0 saturated carbocycles. The number of rotatable bonds is 6. The quantitative estimate of drug-likeness (QED) is 0.812. The lowest BCUT2D eigenvalue weighted by Crippen LogP contribution is -2.48. The van der Waals surface area contributed by atoms with E-state index in [1.54, 1.807) is 7.11 Å². The minimum Gasteiger partial charge on any atom is -0.497 e. The number of para-hydroxylation sites is 1. The molecule has 1 spiro atoms. The van der Waals surface area contributed by atoms with Crippen molar-refractivity contribution in [3.8, 4) is 11.5 Å². The van der Waals surface area contributed by atoms with Gasteiger partial charge in [-0.3, -0.25) is 4.79 Å². The van der Waals surface area contributed by atoms with Crippen molar-refractivity contribution in [2.75, 3.05) is 38.7 Å². The summed E-state index contributed by atoms with van der Waals surface area (Å²) >= 11 is 0. The average Bonchev–Trinajstić information content (AvgIpc) is 3.15. The first kappa shape index (κ1) is 19.6. The molecule has 2 fully saturated rings.